The van der Waals surface area contributed by atoms with E-state index in [-0.39, 0.29) is 43.6 Å². The molecule has 2 aliphatic heterocycles. The lowest BCUT2D eigenvalue weighted by Gasteiger charge is -2.34. The molecule has 11 heteroatoms. The summed E-state index contributed by atoms with van der Waals surface area (Å²) in [6.07, 6.45) is 1.01. The Balaban J connectivity index is 1.59. The molecule has 2 heterocycles. The molecule has 228 valence electrons. The molecule has 0 radical (unpaired) electrons. The summed E-state index contributed by atoms with van der Waals surface area (Å²) in [6.45, 7) is 5.55. The number of imide groups is 1. The van der Waals surface area contributed by atoms with E-state index in [1.165, 1.54) is 31.3 Å². The third-order valence-corrected chi connectivity index (χ3v) is 7.40. The third kappa shape index (κ3) is 7.10. The molecule has 43 heavy (non-hydrogen) atoms. The van der Waals surface area contributed by atoms with Crippen molar-refractivity contribution in [2.45, 2.75) is 45.8 Å². The number of nitrogens with zero attached hydrogens (tertiary/aromatic N) is 2. The zero-order valence-electron chi connectivity index (χ0n) is 24.8. The van der Waals surface area contributed by atoms with Crippen molar-refractivity contribution in [1.29, 1.82) is 0 Å². The van der Waals surface area contributed by atoms with Crippen molar-refractivity contribution in [2.24, 2.45) is 11.8 Å². The van der Waals surface area contributed by atoms with Crippen molar-refractivity contribution in [3.63, 3.8) is 0 Å². The number of benzene rings is 2. The molecule has 0 saturated carbocycles. The van der Waals surface area contributed by atoms with Gasteiger partial charge >= 0.3 is 6.09 Å². The summed E-state index contributed by atoms with van der Waals surface area (Å²) in [7, 11) is 2.94. The van der Waals surface area contributed by atoms with Gasteiger partial charge in [0.15, 0.2) is 11.6 Å². The van der Waals surface area contributed by atoms with Gasteiger partial charge in [-0.2, -0.15) is 0 Å². The average Bonchev–Trinajstić information content (AvgIpc) is 3.24. The molecule has 0 N–H and O–H groups in total. The summed E-state index contributed by atoms with van der Waals surface area (Å²) in [5.41, 5.74) is -0.379. The molecule has 1 fully saturated rings. The minimum absolute atomic E-state index is 0.0300. The summed E-state index contributed by atoms with van der Waals surface area (Å²) in [5, 5.41) is 0. The Bertz CT molecular complexity index is 1450. The zero-order chi connectivity index (χ0) is 31.5. The summed E-state index contributed by atoms with van der Waals surface area (Å²) in [4.78, 5) is 69.5. The van der Waals surface area contributed by atoms with E-state index in [9.17, 15) is 28.4 Å². The van der Waals surface area contributed by atoms with Crippen molar-refractivity contribution in [3.05, 3.63) is 71.1 Å². The molecule has 0 spiro atoms. The number of piperidine rings is 1. The van der Waals surface area contributed by atoms with Crippen molar-refractivity contribution in [2.75, 3.05) is 27.3 Å². The topological polar surface area (TPSA) is 120 Å². The van der Waals surface area contributed by atoms with Crippen LogP contribution in [0, 0.1) is 17.7 Å². The SMILES string of the molecule is COc1ccc(CN2C(=O)C=C(C(C(=O)c3ccc(F)cc3)C(=O)C3CCN(C(=O)OC(C)(C)C)CC3)C2=O)c(OC)c1. The van der Waals surface area contributed by atoms with Gasteiger partial charge in [0, 0.05) is 47.8 Å². The highest BCUT2D eigenvalue weighted by Crippen LogP contribution is 2.33. The lowest BCUT2D eigenvalue weighted by Crippen LogP contribution is -2.45. The number of likely N-dealkylation sites (tertiary alicyclic amines) is 1. The van der Waals surface area contributed by atoms with E-state index in [0.717, 1.165) is 23.1 Å². The lowest BCUT2D eigenvalue weighted by atomic mass is 9.78. The summed E-state index contributed by atoms with van der Waals surface area (Å²) >= 11 is 0. The second-order valence-corrected chi connectivity index (χ2v) is 11.5. The number of ketones is 2. The van der Waals surface area contributed by atoms with E-state index in [1.807, 2.05) is 0 Å². The Kier molecular flexibility index (Phi) is 9.32. The Morgan fingerprint density at radius 3 is 2.21 bits per heavy atom. The maximum Gasteiger partial charge on any atom is 0.410 e. The first-order valence-corrected chi connectivity index (χ1v) is 13.9. The minimum atomic E-state index is -1.58. The van der Waals surface area contributed by atoms with Crippen LogP contribution >= 0.6 is 0 Å². The smallest absolute Gasteiger partial charge is 0.410 e. The maximum absolute atomic E-state index is 14.0. The highest BCUT2D eigenvalue weighted by Gasteiger charge is 2.45. The number of methoxy groups -OCH3 is 2. The van der Waals surface area contributed by atoms with Gasteiger partial charge in [-0.1, -0.05) is 0 Å². The summed E-state index contributed by atoms with van der Waals surface area (Å²) in [5.74, 6) is -4.60. The predicted octanol–water partition coefficient (Wildman–Crippen LogP) is 4.35. The number of amides is 3. The summed E-state index contributed by atoms with van der Waals surface area (Å²) in [6, 6.07) is 9.59. The molecule has 3 amide bonds. The number of hydrogen-bond donors (Lipinski definition) is 0. The van der Waals surface area contributed by atoms with Gasteiger partial charge in [-0.05, 0) is 70.0 Å². The summed E-state index contributed by atoms with van der Waals surface area (Å²) < 4.78 is 29.7. The van der Waals surface area contributed by atoms with Crippen LogP contribution in [-0.4, -0.2) is 72.2 Å². The van der Waals surface area contributed by atoms with Crippen LogP contribution in [0.1, 0.15) is 49.5 Å². The first-order valence-electron chi connectivity index (χ1n) is 13.9. The Hall–Kier alpha value is -4.54. The molecule has 4 rings (SSSR count). The normalized spacial score (nSPS) is 16.6. The molecule has 0 aliphatic carbocycles. The van der Waals surface area contributed by atoms with E-state index < -0.39 is 52.7 Å². The van der Waals surface area contributed by atoms with Crippen molar-refractivity contribution in [3.8, 4) is 11.5 Å². The lowest BCUT2D eigenvalue weighted by molar-refractivity contribution is -0.139. The van der Waals surface area contributed by atoms with Gasteiger partial charge in [0.05, 0.1) is 20.8 Å². The van der Waals surface area contributed by atoms with Crippen LogP contribution in [0.25, 0.3) is 0 Å². The average molecular weight is 595 g/mol. The van der Waals surface area contributed by atoms with E-state index in [1.54, 1.807) is 39.0 Å². The van der Waals surface area contributed by atoms with Crippen LogP contribution in [-0.2, 0) is 25.7 Å². The number of carbonyl (C=O) groups is 5. The van der Waals surface area contributed by atoms with Crippen LogP contribution in [0.2, 0.25) is 0 Å². The molecule has 1 saturated heterocycles. The van der Waals surface area contributed by atoms with E-state index in [4.69, 9.17) is 14.2 Å². The predicted molar refractivity (Wildman–Crippen MR) is 153 cm³/mol. The highest BCUT2D eigenvalue weighted by molar-refractivity contribution is 6.25. The zero-order valence-corrected chi connectivity index (χ0v) is 24.8. The monoisotopic (exact) mass is 594 g/mol. The van der Waals surface area contributed by atoms with Crippen LogP contribution in [0.3, 0.4) is 0 Å². The van der Waals surface area contributed by atoms with Crippen LogP contribution in [0.5, 0.6) is 11.5 Å². The molecule has 1 atom stereocenters. The van der Waals surface area contributed by atoms with Crippen molar-refractivity contribution < 1.29 is 42.6 Å². The second-order valence-electron chi connectivity index (χ2n) is 11.5. The van der Waals surface area contributed by atoms with Gasteiger partial charge in [0.1, 0.15) is 28.8 Å². The standard InChI is InChI=1S/C32H35FN2O8/c1-32(2,3)43-31(40)34-14-12-20(13-15-34)29(38)27(28(37)19-6-9-22(33)10-7-19)24-17-26(36)35(30(24)39)18-21-8-11-23(41-4)16-25(21)42-5/h6-11,16-17,20,27H,12-15,18H2,1-5H3. The van der Waals surface area contributed by atoms with E-state index >= 15 is 0 Å². The van der Waals surface area contributed by atoms with Crippen molar-refractivity contribution >= 4 is 29.5 Å². The minimum Gasteiger partial charge on any atom is -0.497 e. The number of ether oxygens (including phenoxy) is 3. The molecular weight excluding hydrogens is 559 g/mol. The molecule has 0 bridgehead atoms. The molecule has 0 aromatic heterocycles. The van der Waals surface area contributed by atoms with Crippen LogP contribution < -0.4 is 9.47 Å². The number of Topliss-reactive ketones (excluding diaryl/α,β-unsaturated/α-hetero) is 2. The number of hydrogen-bond acceptors (Lipinski definition) is 8. The third-order valence-electron chi connectivity index (χ3n) is 7.40. The van der Waals surface area contributed by atoms with E-state index in [2.05, 4.69) is 0 Å². The van der Waals surface area contributed by atoms with Crippen LogP contribution in [0.4, 0.5) is 9.18 Å². The Morgan fingerprint density at radius 2 is 1.63 bits per heavy atom. The fraction of sp³-hybridized carbons (Fsp3) is 0.406. The molecule has 2 aliphatic rings. The van der Waals surface area contributed by atoms with Gasteiger partial charge in [-0.15, -0.1) is 0 Å². The maximum atomic E-state index is 14.0. The van der Waals surface area contributed by atoms with Gasteiger partial charge in [0.25, 0.3) is 11.8 Å². The number of rotatable bonds is 9. The van der Waals surface area contributed by atoms with Crippen molar-refractivity contribution in [1.82, 2.24) is 9.80 Å². The number of halogens is 1. The molecule has 2 aromatic rings. The van der Waals surface area contributed by atoms with Gasteiger partial charge in [-0.25, -0.2) is 9.18 Å². The Labute approximate surface area is 249 Å². The first-order chi connectivity index (χ1) is 20.3. The van der Waals surface area contributed by atoms with Gasteiger partial charge < -0.3 is 19.1 Å². The second kappa shape index (κ2) is 12.8. The van der Waals surface area contributed by atoms with E-state index in [0.29, 0.717) is 17.1 Å². The molecule has 1 unspecified atom stereocenters. The number of carbonyl (C=O) groups excluding carboxylic acids is 5. The molecular formula is C32H35FN2O8. The largest absolute Gasteiger partial charge is 0.497 e. The van der Waals surface area contributed by atoms with Gasteiger partial charge in [-0.3, -0.25) is 24.1 Å². The first kappa shape index (κ1) is 31.4. The quantitative estimate of drug-likeness (QED) is 0.239. The molecule has 10 nitrogen and oxygen atoms in total. The fourth-order valence-electron chi connectivity index (χ4n) is 5.15. The fourth-order valence-corrected chi connectivity index (χ4v) is 5.15. The van der Waals surface area contributed by atoms with Crippen LogP contribution in [0.15, 0.2) is 54.1 Å². The Morgan fingerprint density at radius 1 is 0.977 bits per heavy atom. The van der Waals surface area contributed by atoms with Gasteiger partial charge in [0.2, 0.25) is 0 Å². The highest BCUT2D eigenvalue weighted by atomic mass is 19.1. The molecule has 2 aromatic carbocycles.